The topological polar surface area (TPSA) is 66.8 Å². The Morgan fingerprint density at radius 2 is 1.90 bits per heavy atom. The zero-order chi connectivity index (χ0) is 15.0. The molecule has 5 heteroatoms. The summed E-state index contributed by atoms with van der Waals surface area (Å²) in [4.78, 5) is 23.9. The van der Waals surface area contributed by atoms with Crippen LogP contribution >= 0.6 is 0 Å². The van der Waals surface area contributed by atoms with Crippen LogP contribution in [-0.4, -0.2) is 42.1 Å². The van der Waals surface area contributed by atoms with Crippen LogP contribution in [0.5, 0.6) is 5.75 Å². The van der Waals surface area contributed by atoms with E-state index in [2.05, 4.69) is 6.92 Å². The second-order valence-corrected chi connectivity index (χ2v) is 4.60. The predicted molar refractivity (Wildman–Crippen MR) is 76.1 cm³/mol. The molecule has 20 heavy (non-hydrogen) atoms. The van der Waals surface area contributed by atoms with Gasteiger partial charge in [-0.05, 0) is 30.7 Å². The fourth-order valence-corrected chi connectivity index (χ4v) is 1.61. The number of carbonyl (C=O) groups excluding carboxylic acids is 1. The van der Waals surface area contributed by atoms with Crippen molar-refractivity contribution in [2.24, 2.45) is 0 Å². The van der Waals surface area contributed by atoms with Crippen molar-refractivity contribution in [2.45, 2.75) is 26.2 Å². The lowest BCUT2D eigenvalue weighted by Gasteiger charge is -2.16. The van der Waals surface area contributed by atoms with Crippen LogP contribution in [0, 0.1) is 0 Å². The van der Waals surface area contributed by atoms with Gasteiger partial charge in [0.15, 0.2) is 0 Å². The number of carboxylic acid groups (broad SMARTS) is 1. The van der Waals surface area contributed by atoms with Crippen molar-refractivity contribution in [2.75, 3.05) is 20.2 Å². The van der Waals surface area contributed by atoms with E-state index in [-0.39, 0.29) is 18.9 Å². The number of amides is 1. The highest BCUT2D eigenvalue weighted by Gasteiger charge is 2.12. The summed E-state index contributed by atoms with van der Waals surface area (Å²) < 4.78 is 5.52. The number of nitrogens with zero attached hydrogens (tertiary/aromatic N) is 1. The van der Waals surface area contributed by atoms with Crippen molar-refractivity contribution >= 4 is 11.9 Å². The first-order chi connectivity index (χ1) is 9.54. The molecule has 0 bridgehead atoms. The van der Waals surface area contributed by atoms with E-state index >= 15 is 0 Å². The molecule has 0 saturated heterocycles. The third kappa shape index (κ3) is 5.30. The lowest BCUT2D eigenvalue weighted by atomic mass is 10.2. The van der Waals surface area contributed by atoms with Gasteiger partial charge in [-0.2, -0.15) is 0 Å². The maximum Gasteiger partial charge on any atom is 0.305 e. The summed E-state index contributed by atoms with van der Waals surface area (Å²) in [5.41, 5.74) is 0.528. The fraction of sp³-hybridized carbons (Fsp3) is 0.467. The van der Waals surface area contributed by atoms with E-state index in [1.165, 1.54) is 4.90 Å². The summed E-state index contributed by atoms with van der Waals surface area (Å²) in [7, 11) is 1.59. The Kier molecular flexibility index (Phi) is 6.56. The van der Waals surface area contributed by atoms with E-state index in [1.54, 1.807) is 31.3 Å². The lowest BCUT2D eigenvalue weighted by molar-refractivity contribution is -0.137. The highest BCUT2D eigenvalue weighted by molar-refractivity contribution is 5.94. The molecule has 0 saturated carbocycles. The molecule has 1 aromatic carbocycles. The van der Waals surface area contributed by atoms with Crippen LogP contribution < -0.4 is 4.74 Å². The van der Waals surface area contributed by atoms with E-state index in [0.29, 0.717) is 12.2 Å². The quantitative estimate of drug-likeness (QED) is 0.742. The highest BCUT2D eigenvalue weighted by Crippen LogP contribution is 2.14. The van der Waals surface area contributed by atoms with Crippen LogP contribution in [0.25, 0.3) is 0 Å². The smallest absolute Gasteiger partial charge is 0.305 e. The van der Waals surface area contributed by atoms with E-state index in [9.17, 15) is 9.59 Å². The van der Waals surface area contributed by atoms with Crippen LogP contribution in [0.15, 0.2) is 24.3 Å². The number of unbranched alkanes of at least 4 members (excludes halogenated alkanes) is 1. The Hall–Kier alpha value is -2.04. The molecule has 0 aromatic heterocycles. The number of carboxylic acids is 1. The third-order valence-electron chi connectivity index (χ3n) is 2.88. The van der Waals surface area contributed by atoms with Gasteiger partial charge in [-0.3, -0.25) is 9.59 Å². The van der Waals surface area contributed by atoms with Crippen LogP contribution in [0.2, 0.25) is 0 Å². The Morgan fingerprint density at radius 1 is 1.25 bits per heavy atom. The van der Waals surface area contributed by atoms with E-state index < -0.39 is 5.97 Å². The van der Waals surface area contributed by atoms with Gasteiger partial charge in [-0.15, -0.1) is 0 Å². The molecular formula is C15H21NO4. The Balaban J connectivity index is 2.54. The van der Waals surface area contributed by atoms with Crippen LogP contribution in [0.4, 0.5) is 0 Å². The molecule has 110 valence electrons. The van der Waals surface area contributed by atoms with Gasteiger partial charge >= 0.3 is 5.97 Å². The molecule has 0 fully saturated rings. The molecule has 0 atom stereocenters. The minimum absolute atomic E-state index is 0.0551. The number of ether oxygens (including phenoxy) is 1. The minimum atomic E-state index is -0.913. The van der Waals surface area contributed by atoms with Crippen molar-refractivity contribution in [3.05, 3.63) is 29.8 Å². The largest absolute Gasteiger partial charge is 0.494 e. The van der Waals surface area contributed by atoms with Crippen LogP contribution in [-0.2, 0) is 4.79 Å². The Bertz CT molecular complexity index is 442. The number of carbonyl (C=O) groups is 2. The maximum atomic E-state index is 12.0. The molecule has 1 aromatic rings. The molecule has 0 aliphatic rings. The van der Waals surface area contributed by atoms with Crippen molar-refractivity contribution in [1.29, 1.82) is 0 Å². The van der Waals surface area contributed by atoms with E-state index in [1.807, 2.05) is 0 Å². The van der Waals surface area contributed by atoms with Crippen molar-refractivity contribution in [3.63, 3.8) is 0 Å². The van der Waals surface area contributed by atoms with Gasteiger partial charge in [-0.25, -0.2) is 0 Å². The average molecular weight is 279 g/mol. The summed E-state index contributed by atoms with van der Waals surface area (Å²) in [5.74, 6) is -0.362. The molecule has 5 nitrogen and oxygen atoms in total. The summed E-state index contributed by atoms with van der Waals surface area (Å²) in [5, 5.41) is 8.60. The molecular weight excluding hydrogens is 258 g/mol. The average Bonchev–Trinajstić information content (AvgIpc) is 2.45. The molecule has 0 unspecified atom stereocenters. The molecule has 1 rings (SSSR count). The van der Waals surface area contributed by atoms with Crippen molar-refractivity contribution < 1.29 is 19.4 Å². The Morgan fingerprint density at radius 3 is 2.45 bits per heavy atom. The lowest BCUT2D eigenvalue weighted by Crippen LogP contribution is -2.28. The van der Waals surface area contributed by atoms with Gasteiger partial charge in [-0.1, -0.05) is 13.3 Å². The number of hydrogen-bond acceptors (Lipinski definition) is 3. The number of hydrogen-bond donors (Lipinski definition) is 1. The van der Waals surface area contributed by atoms with Crippen molar-refractivity contribution in [1.82, 2.24) is 4.90 Å². The summed E-state index contributed by atoms with van der Waals surface area (Å²) >= 11 is 0. The molecule has 0 heterocycles. The van der Waals surface area contributed by atoms with E-state index in [0.717, 1.165) is 18.6 Å². The van der Waals surface area contributed by atoms with Crippen molar-refractivity contribution in [3.8, 4) is 5.75 Å². The molecule has 1 amide bonds. The van der Waals surface area contributed by atoms with E-state index in [4.69, 9.17) is 9.84 Å². The second-order valence-electron chi connectivity index (χ2n) is 4.60. The maximum absolute atomic E-state index is 12.0. The standard InChI is InChI=1S/C15H21NO4/c1-3-4-11-20-13-7-5-12(6-8-13)15(19)16(2)10-9-14(17)18/h5-8H,3-4,9-11H2,1-2H3,(H,17,18). The molecule has 1 N–H and O–H groups in total. The molecule has 0 aliphatic heterocycles. The number of rotatable bonds is 8. The van der Waals surface area contributed by atoms with Gasteiger partial charge in [0, 0.05) is 19.2 Å². The second kappa shape index (κ2) is 8.19. The number of benzene rings is 1. The van der Waals surface area contributed by atoms with Gasteiger partial charge in [0.2, 0.25) is 0 Å². The zero-order valence-electron chi connectivity index (χ0n) is 12.0. The first kappa shape index (κ1) is 16.0. The molecule has 0 aliphatic carbocycles. The molecule has 0 spiro atoms. The van der Waals surface area contributed by atoms with Crippen LogP contribution in [0.3, 0.4) is 0 Å². The normalized spacial score (nSPS) is 10.1. The summed E-state index contributed by atoms with van der Waals surface area (Å²) in [6.07, 6.45) is 2.02. The zero-order valence-corrected chi connectivity index (χ0v) is 12.0. The summed E-state index contributed by atoms with van der Waals surface area (Å²) in [6, 6.07) is 6.91. The SMILES string of the molecule is CCCCOc1ccc(C(=O)N(C)CCC(=O)O)cc1. The van der Waals surface area contributed by atoms with Gasteiger partial charge < -0.3 is 14.7 Å². The third-order valence-corrected chi connectivity index (χ3v) is 2.88. The highest BCUT2D eigenvalue weighted by atomic mass is 16.5. The first-order valence-corrected chi connectivity index (χ1v) is 6.74. The van der Waals surface area contributed by atoms with Gasteiger partial charge in [0.25, 0.3) is 5.91 Å². The summed E-state index contributed by atoms with van der Waals surface area (Å²) in [6.45, 7) is 2.96. The predicted octanol–water partition coefficient (Wildman–Crippen LogP) is 2.41. The van der Waals surface area contributed by atoms with Crippen LogP contribution in [0.1, 0.15) is 36.5 Å². The van der Waals surface area contributed by atoms with Gasteiger partial charge in [0.05, 0.1) is 13.0 Å². The van der Waals surface area contributed by atoms with Gasteiger partial charge in [0.1, 0.15) is 5.75 Å². The number of aliphatic carboxylic acids is 1. The monoisotopic (exact) mass is 279 g/mol. The Labute approximate surface area is 119 Å². The minimum Gasteiger partial charge on any atom is -0.494 e. The first-order valence-electron chi connectivity index (χ1n) is 6.74. The molecule has 0 radical (unpaired) electrons. The fourth-order valence-electron chi connectivity index (χ4n) is 1.61.